The Balaban J connectivity index is 2.41. The monoisotopic (exact) mass is 322 g/mol. The zero-order chi connectivity index (χ0) is 17.1. The van der Waals surface area contributed by atoms with Crippen molar-refractivity contribution in [3.8, 4) is 0 Å². The Kier molecular flexibility index (Phi) is 5.43. The van der Waals surface area contributed by atoms with Crippen LogP contribution in [0.5, 0.6) is 0 Å². The van der Waals surface area contributed by atoms with Gasteiger partial charge in [-0.3, -0.25) is 4.57 Å². The molecule has 1 aliphatic heterocycles. The van der Waals surface area contributed by atoms with Gasteiger partial charge in [0.15, 0.2) is 6.23 Å². The van der Waals surface area contributed by atoms with Gasteiger partial charge in [-0.2, -0.15) is 4.98 Å². The van der Waals surface area contributed by atoms with Crippen LogP contribution in [-0.2, 0) is 4.74 Å². The van der Waals surface area contributed by atoms with Crippen molar-refractivity contribution in [2.45, 2.75) is 58.5 Å². The van der Waals surface area contributed by atoms with Gasteiger partial charge in [-0.15, -0.1) is 0 Å². The zero-order valence-electron chi connectivity index (χ0n) is 14.1. The molecule has 0 unspecified atom stereocenters. The van der Waals surface area contributed by atoms with Crippen molar-refractivity contribution >= 4 is 5.82 Å². The van der Waals surface area contributed by atoms with Crippen molar-refractivity contribution in [1.82, 2.24) is 14.5 Å². The molecule has 1 saturated heterocycles. The topological polar surface area (TPSA) is 93.6 Å². The summed E-state index contributed by atoms with van der Waals surface area (Å²) >= 11 is 0. The molecule has 0 saturated carbocycles. The zero-order valence-corrected chi connectivity index (χ0v) is 14.1. The lowest BCUT2D eigenvalue weighted by molar-refractivity contribution is -0.0172. The molecular weight excluding hydrogens is 296 g/mol. The number of nitrogens with zero attached hydrogens (tertiary/aromatic N) is 3. The van der Waals surface area contributed by atoms with Crippen LogP contribution < -0.4 is 11.4 Å². The second-order valence-corrected chi connectivity index (χ2v) is 6.38. The number of aromatic nitrogens is 2. The SMILES string of the molecule is CC(C)N(C=C1C[C@@H](CO)O[C@H]1n1ccc(N)nc1=O)C(C)C. The summed E-state index contributed by atoms with van der Waals surface area (Å²) in [5, 5.41) is 9.43. The predicted molar refractivity (Wildman–Crippen MR) is 88.7 cm³/mol. The van der Waals surface area contributed by atoms with Gasteiger partial charge in [0.05, 0.1) is 12.7 Å². The van der Waals surface area contributed by atoms with Gasteiger partial charge in [0.2, 0.25) is 0 Å². The van der Waals surface area contributed by atoms with Crippen molar-refractivity contribution < 1.29 is 9.84 Å². The van der Waals surface area contributed by atoms with Crippen LogP contribution in [-0.4, -0.2) is 44.4 Å². The highest BCUT2D eigenvalue weighted by atomic mass is 16.5. The average molecular weight is 322 g/mol. The van der Waals surface area contributed by atoms with E-state index in [4.69, 9.17) is 10.5 Å². The van der Waals surface area contributed by atoms with E-state index in [9.17, 15) is 9.90 Å². The van der Waals surface area contributed by atoms with Gasteiger partial charge in [-0.25, -0.2) is 4.79 Å². The van der Waals surface area contributed by atoms with E-state index in [1.165, 1.54) is 4.57 Å². The van der Waals surface area contributed by atoms with Crippen LogP contribution in [0, 0.1) is 0 Å². The maximum atomic E-state index is 12.1. The summed E-state index contributed by atoms with van der Waals surface area (Å²) < 4.78 is 7.24. The quantitative estimate of drug-likeness (QED) is 0.843. The van der Waals surface area contributed by atoms with Crippen LogP contribution in [0.3, 0.4) is 0 Å². The number of ether oxygens (including phenoxy) is 1. The molecule has 128 valence electrons. The number of hydrogen-bond donors (Lipinski definition) is 2. The highest BCUT2D eigenvalue weighted by Crippen LogP contribution is 2.33. The van der Waals surface area contributed by atoms with Gasteiger partial charge in [-0.05, 0) is 39.3 Å². The molecule has 0 radical (unpaired) electrons. The molecule has 1 aromatic heterocycles. The summed E-state index contributed by atoms with van der Waals surface area (Å²) in [6, 6.07) is 2.20. The summed E-state index contributed by atoms with van der Waals surface area (Å²) in [6.45, 7) is 8.36. The molecule has 1 aliphatic rings. The fourth-order valence-electron chi connectivity index (χ4n) is 2.84. The van der Waals surface area contributed by atoms with E-state index in [2.05, 4.69) is 37.6 Å². The maximum absolute atomic E-state index is 12.1. The van der Waals surface area contributed by atoms with E-state index in [1.54, 1.807) is 12.3 Å². The molecule has 7 heteroatoms. The second kappa shape index (κ2) is 7.14. The van der Waals surface area contributed by atoms with Crippen molar-refractivity contribution in [3.63, 3.8) is 0 Å². The second-order valence-electron chi connectivity index (χ2n) is 6.38. The molecule has 2 heterocycles. The van der Waals surface area contributed by atoms with E-state index >= 15 is 0 Å². The Morgan fingerprint density at radius 1 is 1.48 bits per heavy atom. The van der Waals surface area contributed by atoms with E-state index in [1.807, 2.05) is 6.20 Å². The molecule has 0 bridgehead atoms. The van der Waals surface area contributed by atoms with Gasteiger partial charge in [0, 0.05) is 30.9 Å². The van der Waals surface area contributed by atoms with E-state index in [-0.39, 0.29) is 18.5 Å². The van der Waals surface area contributed by atoms with Crippen LogP contribution >= 0.6 is 0 Å². The fraction of sp³-hybridized carbons (Fsp3) is 0.625. The normalized spacial score (nSPS) is 23.2. The van der Waals surface area contributed by atoms with Crippen LogP contribution in [0.2, 0.25) is 0 Å². The smallest absolute Gasteiger partial charge is 0.351 e. The maximum Gasteiger partial charge on any atom is 0.351 e. The molecule has 3 N–H and O–H groups in total. The van der Waals surface area contributed by atoms with Crippen molar-refractivity contribution in [2.24, 2.45) is 0 Å². The summed E-state index contributed by atoms with van der Waals surface area (Å²) in [5.41, 5.74) is 6.03. The van der Waals surface area contributed by atoms with E-state index < -0.39 is 11.9 Å². The standard InChI is InChI=1S/C16H26N4O3/c1-10(2)20(11(3)4)8-12-7-13(9-21)23-15(12)19-6-5-14(17)18-16(19)22/h5-6,8,10-11,13,15,21H,7,9H2,1-4H3,(H2,17,18,22)/t13-,15+/m0/s1. The summed E-state index contributed by atoms with van der Waals surface area (Å²) in [7, 11) is 0. The third-order valence-electron chi connectivity index (χ3n) is 3.92. The van der Waals surface area contributed by atoms with Crippen molar-refractivity contribution in [3.05, 3.63) is 34.5 Å². The molecule has 2 rings (SSSR count). The lowest BCUT2D eigenvalue weighted by atomic mass is 10.1. The third-order valence-corrected chi connectivity index (χ3v) is 3.92. The Labute approximate surface area is 136 Å². The summed E-state index contributed by atoms with van der Waals surface area (Å²) in [4.78, 5) is 18.1. The van der Waals surface area contributed by atoms with Gasteiger partial charge >= 0.3 is 5.69 Å². The minimum absolute atomic E-state index is 0.0889. The molecule has 1 fully saturated rings. The number of rotatable bonds is 5. The van der Waals surface area contributed by atoms with Crippen LogP contribution in [0.1, 0.15) is 40.3 Å². The third kappa shape index (κ3) is 3.92. The number of hydrogen-bond acceptors (Lipinski definition) is 6. The molecule has 2 atom stereocenters. The average Bonchev–Trinajstić information content (AvgIpc) is 2.87. The summed E-state index contributed by atoms with van der Waals surface area (Å²) in [6.07, 6.45) is 3.31. The van der Waals surface area contributed by atoms with E-state index in [0.717, 1.165) is 5.57 Å². The van der Waals surface area contributed by atoms with Gasteiger partial charge < -0.3 is 20.5 Å². The van der Waals surface area contributed by atoms with Crippen molar-refractivity contribution in [2.75, 3.05) is 12.3 Å². The Bertz CT molecular complexity index is 616. The molecule has 23 heavy (non-hydrogen) atoms. The van der Waals surface area contributed by atoms with Gasteiger partial charge in [-0.1, -0.05) is 0 Å². The largest absolute Gasteiger partial charge is 0.394 e. The molecule has 7 nitrogen and oxygen atoms in total. The van der Waals surface area contributed by atoms with E-state index in [0.29, 0.717) is 18.5 Å². The Morgan fingerprint density at radius 2 is 2.13 bits per heavy atom. The predicted octanol–water partition coefficient (Wildman–Crippen LogP) is 1.11. The highest BCUT2D eigenvalue weighted by Gasteiger charge is 2.32. The first-order valence-corrected chi connectivity index (χ1v) is 7.92. The number of aliphatic hydroxyl groups excluding tert-OH is 1. The minimum atomic E-state index is -0.562. The minimum Gasteiger partial charge on any atom is -0.394 e. The van der Waals surface area contributed by atoms with Gasteiger partial charge in [0.1, 0.15) is 5.82 Å². The first kappa shape index (κ1) is 17.5. The van der Waals surface area contributed by atoms with Gasteiger partial charge in [0.25, 0.3) is 0 Å². The van der Waals surface area contributed by atoms with Crippen molar-refractivity contribution in [1.29, 1.82) is 0 Å². The Morgan fingerprint density at radius 3 is 2.65 bits per heavy atom. The molecule has 0 amide bonds. The van der Waals surface area contributed by atoms with Crippen LogP contribution in [0.4, 0.5) is 5.82 Å². The number of nitrogen functional groups attached to an aromatic ring is 1. The number of aliphatic hydroxyl groups is 1. The lowest BCUT2D eigenvalue weighted by Crippen LogP contribution is -2.33. The fourth-order valence-corrected chi connectivity index (χ4v) is 2.84. The first-order chi connectivity index (χ1) is 10.8. The highest BCUT2D eigenvalue weighted by molar-refractivity contribution is 5.24. The Hall–Kier alpha value is -1.86. The molecule has 0 spiro atoms. The summed E-state index contributed by atoms with van der Waals surface area (Å²) in [5.74, 6) is 0.180. The lowest BCUT2D eigenvalue weighted by Gasteiger charge is -2.30. The van der Waals surface area contributed by atoms with Crippen LogP contribution in [0.25, 0.3) is 0 Å². The van der Waals surface area contributed by atoms with Crippen LogP contribution in [0.15, 0.2) is 28.8 Å². The number of nitrogens with two attached hydrogens (primary N) is 1. The molecule has 0 aliphatic carbocycles. The number of anilines is 1. The molecule has 1 aromatic rings. The molecule has 0 aromatic carbocycles. The molecular formula is C16H26N4O3. The first-order valence-electron chi connectivity index (χ1n) is 7.92.